The van der Waals surface area contributed by atoms with Gasteiger partial charge in [-0.3, -0.25) is 0 Å². The zero-order valence-electron chi connectivity index (χ0n) is 17.6. The van der Waals surface area contributed by atoms with Crippen LogP contribution in [0.3, 0.4) is 0 Å². The Bertz CT molecular complexity index is 662. The predicted octanol–water partition coefficient (Wildman–Crippen LogP) is 5.01. The van der Waals surface area contributed by atoms with Crippen molar-refractivity contribution in [1.29, 1.82) is 0 Å². The van der Waals surface area contributed by atoms with Crippen molar-refractivity contribution in [2.75, 3.05) is 6.54 Å². The molecule has 0 aliphatic carbocycles. The summed E-state index contributed by atoms with van der Waals surface area (Å²) in [5, 5.41) is 0.886. The van der Waals surface area contributed by atoms with Crippen molar-refractivity contribution in [3.63, 3.8) is 0 Å². The van der Waals surface area contributed by atoms with Crippen LogP contribution in [0.4, 0.5) is 9.59 Å². The van der Waals surface area contributed by atoms with E-state index in [4.69, 9.17) is 19.0 Å². The van der Waals surface area contributed by atoms with E-state index < -0.39 is 23.5 Å². The van der Waals surface area contributed by atoms with Gasteiger partial charge in [-0.15, -0.1) is 5.06 Å². The van der Waals surface area contributed by atoms with E-state index in [-0.39, 0.29) is 18.8 Å². The minimum atomic E-state index is -0.962. The van der Waals surface area contributed by atoms with E-state index >= 15 is 0 Å². The lowest BCUT2D eigenvalue weighted by Gasteiger charge is -2.28. The molecule has 2 atom stereocenters. The van der Waals surface area contributed by atoms with Gasteiger partial charge in [0.2, 0.25) is 0 Å². The van der Waals surface area contributed by atoms with E-state index in [2.05, 4.69) is 0 Å². The Morgan fingerprint density at radius 2 is 1.61 bits per heavy atom. The topological polar surface area (TPSA) is 74.3 Å². The standard InChI is InChI=1S/C21H31NO6/c1-20(2,3)26-18(23)22(28-19(24)27-21(4,5)6)14-16-12-13-17(25-16)15-10-8-7-9-11-15/h7-11,16-17H,12-14H2,1-6H3. The smallest absolute Gasteiger partial charge is 0.442 e. The lowest BCUT2D eigenvalue weighted by molar-refractivity contribution is -0.149. The highest BCUT2D eigenvalue weighted by Gasteiger charge is 2.34. The molecule has 0 bridgehead atoms. The summed E-state index contributed by atoms with van der Waals surface area (Å²) in [6.07, 6.45) is -0.491. The number of carbonyl (C=O) groups excluding carboxylic acids is 2. The van der Waals surface area contributed by atoms with Crippen molar-refractivity contribution < 1.29 is 28.6 Å². The molecule has 28 heavy (non-hydrogen) atoms. The molecule has 0 N–H and O–H groups in total. The summed E-state index contributed by atoms with van der Waals surface area (Å²) in [7, 11) is 0. The normalized spacial score (nSPS) is 19.8. The largest absolute Gasteiger partial charge is 0.534 e. The molecule has 1 aliphatic heterocycles. The van der Waals surface area contributed by atoms with E-state index in [0.29, 0.717) is 0 Å². The maximum atomic E-state index is 12.5. The predicted molar refractivity (Wildman–Crippen MR) is 104 cm³/mol. The molecule has 156 valence electrons. The Morgan fingerprint density at radius 3 is 2.18 bits per heavy atom. The van der Waals surface area contributed by atoms with Gasteiger partial charge in [0.15, 0.2) is 0 Å². The molecular formula is C21H31NO6. The van der Waals surface area contributed by atoms with Crippen molar-refractivity contribution in [3.05, 3.63) is 35.9 Å². The van der Waals surface area contributed by atoms with Crippen LogP contribution in [0.25, 0.3) is 0 Å². The number of hydrogen-bond donors (Lipinski definition) is 0. The minimum absolute atomic E-state index is 0.0480. The number of carbonyl (C=O) groups is 2. The first-order valence-electron chi connectivity index (χ1n) is 9.55. The van der Waals surface area contributed by atoms with E-state index in [9.17, 15) is 9.59 Å². The van der Waals surface area contributed by atoms with Crippen LogP contribution in [0.15, 0.2) is 30.3 Å². The van der Waals surface area contributed by atoms with Gasteiger partial charge in [-0.25, -0.2) is 9.59 Å². The Labute approximate surface area is 166 Å². The highest BCUT2D eigenvalue weighted by atomic mass is 16.8. The van der Waals surface area contributed by atoms with Gasteiger partial charge in [-0.05, 0) is 59.9 Å². The molecule has 0 spiro atoms. The van der Waals surface area contributed by atoms with Crippen molar-refractivity contribution in [2.24, 2.45) is 0 Å². The zero-order chi connectivity index (χ0) is 20.9. The van der Waals surface area contributed by atoms with E-state index in [1.54, 1.807) is 41.5 Å². The van der Waals surface area contributed by atoms with Gasteiger partial charge in [0.05, 0.1) is 18.8 Å². The number of hydrogen-bond acceptors (Lipinski definition) is 6. The molecule has 7 nitrogen and oxygen atoms in total. The molecule has 1 fully saturated rings. The van der Waals surface area contributed by atoms with Gasteiger partial charge in [0.1, 0.15) is 11.2 Å². The molecular weight excluding hydrogens is 362 g/mol. The van der Waals surface area contributed by atoms with Crippen LogP contribution in [-0.2, 0) is 19.0 Å². The lowest BCUT2D eigenvalue weighted by Crippen LogP contribution is -2.43. The van der Waals surface area contributed by atoms with E-state index in [1.165, 1.54) is 0 Å². The maximum Gasteiger partial charge on any atom is 0.534 e. The molecule has 2 rings (SSSR count). The fourth-order valence-electron chi connectivity index (χ4n) is 2.76. The van der Waals surface area contributed by atoms with Gasteiger partial charge in [0, 0.05) is 0 Å². The summed E-state index contributed by atoms with van der Waals surface area (Å²) in [5.74, 6) is 0. The fraction of sp³-hybridized carbons (Fsp3) is 0.619. The SMILES string of the molecule is CC(C)(C)OC(=O)ON(CC1CCC(c2ccccc2)O1)C(=O)OC(C)(C)C. The second-order valence-electron chi connectivity index (χ2n) is 8.83. The highest BCUT2D eigenvalue weighted by molar-refractivity contribution is 5.70. The van der Waals surface area contributed by atoms with Gasteiger partial charge < -0.3 is 19.0 Å². The molecule has 0 saturated carbocycles. The maximum absolute atomic E-state index is 12.5. The van der Waals surface area contributed by atoms with Crippen molar-refractivity contribution >= 4 is 12.2 Å². The van der Waals surface area contributed by atoms with Gasteiger partial charge >= 0.3 is 12.2 Å². The molecule has 1 aromatic rings. The van der Waals surface area contributed by atoms with Crippen molar-refractivity contribution in [1.82, 2.24) is 5.06 Å². The summed E-state index contributed by atoms with van der Waals surface area (Å²) in [4.78, 5) is 29.7. The third-order valence-electron chi connectivity index (χ3n) is 3.82. The number of hydroxylamine groups is 2. The minimum Gasteiger partial charge on any atom is -0.442 e. The summed E-state index contributed by atoms with van der Waals surface area (Å²) < 4.78 is 16.6. The quantitative estimate of drug-likeness (QED) is 0.531. The zero-order valence-corrected chi connectivity index (χ0v) is 17.6. The molecule has 1 heterocycles. The Balaban J connectivity index is 2.02. The second kappa shape index (κ2) is 8.82. The van der Waals surface area contributed by atoms with Crippen molar-refractivity contribution in [3.8, 4) is 0 Å². The van der Waals surface area contributed by atoms with Crippen molar-refractivity contribution in [2.45, 2.75) is 77.8 Å². The summed E-state index contributed by atoms with van der Waals surface area (Å²) in [6.45, 7) is 10.5. The molecule has 7 heteroatoms. The van der Waals surface area contributed by atoms with Crippen LogP contribution in [0, 0.1) is 0 Å². The third kappa shape index (κ3) is 7.38. The summed E-state index contributed by atoms with van der Waals surface area (Å²) in [5.41, 5.74) is -0.379. The molecule has 1 saturated heterocycles. The first-order valence-corrected chi connectivity index (χ1v) is 9.55. The molecule has 1 aliphatic rings. The first-order chi connectivity index (χ1) is 12.9. The van der Waals surface area contributed by atoms with Gasteiger partial charge in [-0.1, -0.05) is 30.3 Å². The third-order valence-corrected chi connectivity index (χ3v) is 3.82. The highest BCUT2D eigenvalue weighted by Crippen LogP contribution is 2.33. The number of amides is 1. The fourth-order valence-corrected chi connectivity index (χ4v) is 2.76. The molecule has 1 amide bonds. The van der Waals surface area contributed by atoms with Crippen LogP contribution in [-0.4, -0.2) is 41.2 Å². The monoisotopic (exact) mass is 393 g/mol. The number of ether oxygens (including phenoxy) is 3. The van der Waals surface area contributed by atoms with Gasteiger partial charge in [0.25, 0.3) is 0 Å². The molecule has 1 aromatic carbocycles. The van der Waals surface area contributed by atoms with Gasteiger partial charge in [-0.2, -0.15) is 0 Å². The van der Waals surface area contributed by atoms with Crippen LogP contribution in [0.5, 0.6) is 0 Å². The Morgan fingerprint density at radius 1 is 1.00 bits per heavy atom. The molecule has 2 unspecified atom stereocenters. The Hall–Kier alpha value is -2.28. The number of benzene rings is 1. The molecule has 0 radical (unpaired) electrons. The molecule has 0 aromatic heterocycles. The van der Waals surface area contributed by atoms with Crippen LogP contribution in [0.1, 0.15) is 66.1 Å². The second-order valence-corrected chi connectivity index (χ2v) is 8.83. The summed E-state index contributed by atoms with van der Waals surface area (Å²) >= 11 is 0. The van der Waals surface area contributed by atoms with Crippen LogP contribution >= 0.6 is 0 Å². The first kappa shape index (κ1) is 22.0. The van der Waals surface area contributed by atoms with Crippen LogP contribution in [0.2, 0.25) is 0 Å². The number of rotatable bonds is 3. The van der Waals surface area contributed by atoms with Crippen LogP contribution < -0.4 is 0 Å². The number of nitrogens with zero attached hydrogens (tertiary/aromatic N) is 1. The summed E-state index contributed by atoms with van der Waals surface area (Å²) in [6, 6.07) is 9.90. The van der Waals surface area contributed by atoms with E-state index in [0.717, 1.165) is 23.5 Å². The lowest BCUT2D eigenvalue weighted by atomic mass is 10.1. The average molecular weight is 393 g/mol. The van der Waals surface area contributed by atoms with E-state index in [1.807, 2.05) is 30.3 Å². The average Bonchev–Trinajstić information content (AvgIpc) is 3.00. The Kier molecular flexibility index (Phi) is 6.93.